The molecule has 0 spiro atoms. The number of alkyl halides is 3. The van der Waals surface area contributed by atoms with Gasteiger partial charge in [-0.05, 0) is 47.9 Å². The number of nitrogens with one attached hydrogen (secondary N) is 1. The van der Waals surface area contributed by atoms with Gasteiger partial charge in [0.25, 0.3) is 0 Å². The van der Waals surface area contributed by atoms with Gasteiger partial charge >= 0.3 is 6.18 Å². The highest BCUT2D eigenvalue weighted by molar-refractivity contribution is 6.30. The molecule has 1 N–H and O–H groups in total. The number of Topliss-reactive ketones (excluding diaryl/α,β-unsaturated/α-hetero) is 1. The second-order valence-electron chi connectivity index (χ2n) is 9.08. The standard InChI is InChI=1S/C27H24ClF3N2O3/c1-16-11-17(13-18(28)12-16)26(2)14-23(33-36-26)21-7-8-22(20-6-4-3-5-19(20)21)24(34)9-10-25(35)32-15-27(29,30)31/h3-8,11-13H,9-10,14-15H2,1-2H3,(H,32,35). The lowest BCUT2D eigenvalue weighted by atomic mass is 9.86. The molecule has 188 valence electrons. The first-order valence-corrected chi connectivity index (χ1v) is 11.7. The van der Waals surface area contributed by atoms with Crippen LogP contribution < -0.4 is 5.32 Å². The van der Waals surface area contributed by atoms with Gasteiger partial charge in [0.1, 0.15) is 6.54 Å². The number of halogens is 4. The fourth-order valence-electron chi connectivity index (χ4n) is 4.32. The molecule has 1 aliphatic heterocycles. The van der Waals surface area contributed by atoms with Crippen molar-refractivity contribution >= 4 is 39.8 Å². The highest BCUT2D eigenvalue weighted by atomic mass is 35.5. The lowest BCUT2D eigenvalue weighted by Crippen LogP contribution is -2.33. The molecule has 5 nitrogen and oxygen atoms in total. The van der Waals surface area contributed by atoms with Gasteiger partial charge in [0, 0.05) is 35.4 Å². The second kappa shape index (κ2) is 9.93. The molecule has 1 heterocycles. The normalized spacial score (nSPS) is 17.6. The van der Waals surface area contributed by atoms with Crippen LogP contribution in [-0.4, -0.2) is 30.1 Å². The van der Waals surface area contributed by atoms with Crippen LogP contribution in [0.3, 0.4) is 0 Å². The summed E-state index contributed by atoms with van der Waals surface area (Å²) in [6.45, 7) is 2.48. The summed E-state index contributed by atoms with van der Waals surface area (Å²) in [5.41, 5.74) is 3.14. The number of fused-ring (bicyclic) bond motifs is 1. The molecule has 0 saturated heterocycles. The molecule has 0 bridgehead atoms. The number of amides is 1. The quantitative estimate of drug-likeness (QED) is 0.365. The molecule has 1 aliphatic rings. The number of carbonyl (C=O) groups is 2. The Labute approximate surface area is 211 Å². The molecule has 1 atom stereocenters. The van der Waals surface area contributed by atoms with Crippen molar-refractivity contribution in [3.05, 3.63) is 81.9 Å². The van der Waals surface area contributed by atoms with Crippen LogP contribution in [0.2, 0.25) is 5.02 Å². The van der Waals surface area contributed by atoms with E-state index in [4.69, 9.17) is 16.4 Å². The average Bonchev–Trinajstić information content (AvgIpc) is 3.22. The third kappa shape index (κ3) is 5.70. The van der Waals surface area contributed by atoms with E-state index in [1.54, 1.807) is 29.6 Å². The molecule has 9 heteroatoms. The fraction of sp³-hybridized carbons (Fsp3) is 0.296. The van der Waals surface area contributed by atoms with E-state index in [-0.39, 0.29) is 18.6 Å². The van der Waals surface area contributed by atoms with Gasteiger partial charge in [0.05, 0.1) is 5.71 Å². The predicted octanol–water partition coefficient (Wildman–Crippen LogP) is 6.48. The first kappa shape index (κ1) is 25.7. The summed E-state index contributed by atoms with van der Waals surface area (Å²) in [5, 5.41) is 8.23. The largest absolute Gasteiger partial charge is 0.405 e. The van der Waals surface area contributed by atoms with Crippen LogP contribution in [0.15, 0.2) is 59.8 Å². The van der Waals surface area contributed by atoms with Crippen molar-refractivity contribution in [3.63, 3.8) is 0 Å². The molecule has 0 fully saturated rings. The van der Waals surface area contributed by atoms with Crippen molar-refractivity contribution in [2.75, 3.05) is 6.54 Å². The van der Waals surface area contributed by atoms with Gasteiger partial charge in [-0.15, -0.1) is 0 Å². The number of ketones is 1. The van der Waals surface area contributed by atoms with Gasteiger partial charge in [0.2, 0.25) is 5.91 Å². The first-order valence-electron chi connectivity index (χ1n) is 11.4. The third-order valence-electron chi connectivity index (χ3n) is 6.12. The van der Waals surface area contributed by atoms with E-state index in [0.717, 1.165) is 27.8 Å². The second-order valence-corrected chi connectivity index (χ2v) is 9.51. The molecular weight excluding hydrogens is 493 g/mol. The predicted molar refractivity (Wildman–Crippen MR) is 132 cm³/mol. The van der Waals surface area contributed by atoms with Crippen LogP contribution in [0.5, 0.6) is 0 Å². The van der Waals surface area contributed by atoms with Crippen LogP contribution in [0, 0.1) is 6.92 Å². The smallest absolute Gasteiger partial charge is 0.384 e. The number of aryl methyl sites for hydroxylation is 1. The van der Waals surface area contributed by atoms with Crippen molar-refractivity contribution in [3.8, 4) is 0 Å². The number of hydrogen-bond donors (Lipinski definition) is 1. The van der Waals surface area contributed by atoms with Crippen LogP contribution >= 0.6 is 11.6 Å². The molecule has 0 saturated carbocycles. The van der Waals surface area contributed by atoms with E-state index >= 15 is 0 Å². The zero-order valence-electron chi connectivity index (χ0n) is 19.7. The number of nitrogens with zero attached hydrogens (tertiary/aromatic N) is 1. The van der Waals surface area contributed by atoms with Gasteiger partial charge < -0.3 is 10.2 Å². The Bertz CT molecular complexity index is 1350. The molecule has 0 radical (unpaired) electrons. The Morgan fingerprint density at radius 1 is 1.08 bits per heavy atom. The summed E-state index contributed by atoms with van der Waals surface area (Å²) in [6, 6.07) is 16.5. The summed E-state index contributed by atoms with van der Waals surface area (Å²) >= 11 is 6.25. The summed E-state index contributed by atoms with van der Waals surface area (Å²) in [4.78, 5) is 30.5. The Morgan fingerprint density at radius 2 is 1.81 bits per heavy atom. The third-order valence-corrected chi connectivity index (χ3v) is 6.33. The Hall–Kier alpha value is -3.39. The number of hydrogen-bond acceptors (Lipinski definition) is 4. The maximum absolute atomic E-state index is 12.9. The SMILES string of the molecule is Cc1cc(Cl)cc(C2(C)CC(c3ccc(C(=O)CCC(=O)NCC(F)(F)F)c4ccccc34)=NO2)c1. The van der Waals surface area contributed by atoms with Gasteiger partial charge in [-0.25, -0.2) is 0 Å². The minimum atomic E-state index is -4.50. The molecular formula is C27H24ClF3N2O3. The average molecular weight is 517 g/mol. The number of oxime groups is 1. The zero-order valence-corrected chi connectivity index (χ0v) is 20.5. The van der Waals surface area contributed by atoms with Gasteiger partial charge in [-0.3, -0.25) is 9.59 Å². The maximum atomic E-state index is 12.9. The summed E-state index contributed by atoms with van der Waals surface area (Å²) in [7, 11) is 0. The molecule has 1 unspecified atom stereocenters. The Balaban J connectivity index is 1.55. The Morgan fingerprint density at radius 3 is 2.50 bits per heavy atom. The van der Waals surface area contributed by atoms with Crippen LogP contribution in [0.4, 0.5) is 13.2 Å². The van der Waals surface area contributed by atoms with Crippen LogP contribution in [0.1, 0.15) is 53.2 Å². The molecule has 3 aromatic rings. The first-order chi connectivity index (χ1) is 16.9. The lowest BCUT2D eigenvalue weighted by molar-refractivity contribution is -0.138. The number of rotatable bonds is 7. The van der Waals surface area contributed by atoms with Gasteiger partial charge in [0.15, 0.2) is 11.4 Å². The molecule has 0 aromatic heterocycles. The van der Waals surface area contributed by atoms with Gasteiger partial charge in [-0.2, -0.15) is 13.2 Å². The number of carbonyl (C=O) groups excluding carboxylic acids is 2. The molecule has 4 rings (SSSR count). The minimum absolute atomic E-state index is 0.205. The van der Waals surface area contributed by atoms with E-state index in [2.05, 4.69) is 5.16 Å². The van der Waals surface area contributed by atoms with E-state index in [1.807, 2.05) is 44.2 Å². The zero-order chi connectivity index (χ0) is 26.1. The lowest BCUT2D eigenvalue weighted by Gasteiger charge is -2.22. The molecule has 36 heavy (non-hydrogen) atoms. The van der Waals surface area contributed by atoms with E-state index in [0.29, 0.717) is 22.4 Å². The van der Waals surface area contributed by atoms with Crippen molar-refractivity contribution in [2.24, 2.45) is 5.16 Å². The topological polar surface area (TPSA) is 67.8 Å². The summed E-state index contributed by atoms with van der Waals surface area (Å²) < 4.78 is 36.9. The van der Waals surface area contributed by atoms with E-state index in [9.17, 15) is 22.8 Å². The van der Waals surface area contributed by atoms with Crippen molar-refractivity contribution in [1.82, 2.24) is 5.32 Å². The minimum Gasteiger partial charge on any atom is -0.384 e. The van der Waals surface area contributed by atoms with Gasteiger partial charge in [-0.1, -0.05) is 59.2 Å². The summed E-state index contributed by atoms with van der Waals surface area (Å²) in [6.07, 6.45) is -4.55. The molecule has 3 aromatic carbocycles. The maximum Gasteiger partial charge on any atom is 0.405 e. The van der Waals surface area contributed by atoms with Crippen molar-refractivity contribution in [2.45, 2.75) is 44.9 Å². The molecule has 1 amide bonds. The van der Waals surface area contributed by atoms with Crippen LogP contribution in [0.25, 0.3) is 10.8 Å². The highest BCUT2D eigenvalue weighted by Crippen LogP contribution is 2.39. The monoisotopic (exact) mass is 516 g/mol. The van der Waals surface area contributed by atoms with Crippen LogP contribution in [-0.2, 0) is 15.2 Å². The Kier molecular flexibility index (Phi) is 7.09. The molecule has 0 aliphatic carbocycles. The van der Waals surface area contributed by atoms with E-state index < -0.39 is 24.2 Å². The van der Waals surface area contributed by atoms with Crippen molar-refractivity contribution in [1.29, 1.82) is 0 Å². The highest BCUT2D eigenvalue weighted by Gasteiger charge is 2.37. The van der Waals surface area contributed by atoms with Crippen molar-refractivity contribution < 1.29 is 27.6 Å². The fourth-order valence-corrected chi connectivity index (χ4v) is 4.61. The number of benzene rings is 3. The summed E-state index contributed by atoms with van der Waals surface area (Å²) in [5.74, 6) is -1.15. The van der Waals surface area contributed by atoms with E-state index in [1.165, 1.54) is 0 Å².